The van der Waals surface area contributed by atoms with Gasteiger partial charge < -0.3 is 9.80 Å². The fourth-order valence-electron chi connectivity index (χ4n) is 3.12. The van der Waals surface area contributed by atoms with Gasteiger partial charge in [0.1, 0.15) is 0 Å². The zero-order valence-corrected chi connectivity index (χ0v) is 14.0. The standard InChI is InChI=1S/C17H19N3O2S/c1-19(10-12-5-7-23-11-12)17(22)14-8-15(21)20(2)16(14)13-4-3-6-18-9-13/h3-7,9,11,14,16H,8,10H2,1-2H3/t14-,16+/m0/s1. The maximum absolute atomic E-state index is 12.9. The minimum Gasteiger partial charge on any atom is -0.341 e. The molecule has 1 aliphatic rings. The average Bonchev–Trinajstić information content (AvgIpc) is 3.16. The summed E-state index contributed by atoms with van der Waals surface area (Å²) in [7, 11) is 3.55. The molecule has 2 atom stereocenters. The van der Waals surface area contributed by atoms with Gasteiger partial charge in [0.15, 0.2) is 0 Å². The van der Waals surface area contributed by atoms with E-state index in [1.165, 1.54) is 0 Å². The number of amides is 2. The summed E-state index contributed by atoms with van der Waals surface area (Å²) < 4.78 is 0. The number of likely N-dealkylation sites (tertiary alicyclic amines) is 1. The van der Waals surface area contributed by atoms with E-state index in [1.54, 1.807) is 47.6 Å². The highest BCUT2D eigenvalue weighted by Gasteiger charge is 2.43. The van der Waals surface area contributed by atoms with Crippen molar-refractivity contribution >= 4 is 23.2 Å². The maximum Gasteiger partial charge on any atom is 0.228 e. The second-order valence-electron chi connectivity index (χ2n) is 5.87. The largest absolute Gasteiger partial charge is 0.341 e. The van der Waals surface area contributed by atoms with Crippen molar-refractivity contribution in [1.29, 1.82) is 0 Å². The maximum atomic E-state index is 12.9. The van der Waals surface area contributed by atoms with Gasteiger partial charge in [0, 0.05) is 39.5 Å². The van der Waals surface area contributed by atoms with Crippen molar-refractivity contribution < 1.29 is 9.59 Å². The first-order valence-electron chi connectivity index (χ1n) is 7.49. The third-order valence-corrected chi connectivity index (χ3v) is 5.04. The predicted octanol–water partition coefficient (Wildman–Crippen LogP) is 2.32. The van der Waals surface area contributed by atoms with E-state index in [9.17, 15) is 9.59 Å². The molecule has 3 rings (SSSR count). The molecule has 1 aliphatic heterocycles. The molecule has 23 heavy (non-hydrogen) atoms. The summed E-state index contributed by atoms with van der Waals surface area (Å²) in [5.41, 5.74) is 2.02. The number of aromatic nitrogens is 1. The summed E-state index contributed by atoms with van der Waals surface area (Å²) in [6.45, 7) is 0.566. The van der Waals surface area contributed by atoms with Gasteiger partial charge in [0.05, 0.1) is 12.0 Å². The topological polar surface area (TPSA) is 53.5 Å². The number of pyridine rings is 1. The van der Waals surface area contributed by atoms with Gasteiger partial charge in [-0.2, -0.15) is 11.3 Å². The summed E-state index contributed by atoms with van der Waals surface area (Å²) in [5.74, 6) is -0.357. The lowest BCUT2D eigenvalue weighted by atomic mass is 9.93. The number of nitrogens with zero attached hydrogens (tertiary/aromatic N) is 3. The van der Waals surface area contributed by atoms with Crippen LogP contribution in [0.15, 0.2) is 41.4 Å². The molecule has 1 saturated heterocycles. The molecule has 0 bridgehead atoms. The number of rotatable bonds is 4. The Morgan fingerprint density at radius 1 is 1.48 bits per heavy atom. The van der Waals surface area contributed by atoms with Gasteiger partial charge in [-0.05, 0) is 34.0 Å². The lowest BCUT2D eigenvalue weighted by molar-refractivity contribution is -0.135. The van der Waals surface area contributed by atoms with E-state index in [0.717, 1.165) is 11.1 Å². The van der Waals surface area contributed by atoms with E-state index in [-0.39, 0.29) is 30.2 Å². The van der Waals surface area contributed by atoms with Crippen LogP contribution in [0, 0.1) is 5.92 Å². The van der Waals surface area contributed by atoms with Crippen LogP contribution in [0.4, 0.5) is 0 Å². The molecule has 0 aliphatic carbocycles. The predicted molar refractivity (Wildman–Crippen MR) is 88.6 cm³/mol. The lowest BCUT2D eigenvalue weighted by Crippen LogP contribution is -2.35. The van der Waals surface area contributed by atoms with Crippen molar-refractivity contribution in [2.75, 3.05) is 14.1 Å². The van der Waals surface area contributed by atoms with Crippen LogP contribution < -0.4 is 0 Å². The normalized spacial score (nSPS) is 20.8. The summed E-state index contributed by atoms with van der Waals surface area (Å²) >= 11 is 1.62. The highest BCUT2D eigenvalue weighted by Crippen LogP contribution is 2.37. The van der Waals surface area contributed by atoms with E-state index >= 15 is 0 Å². The Hall–Kier alpha value is -2.21. The van der Waals surface area contributed by atoms with Gasteiger partial charge in [0.25, 0.3) is 0 Å². The molecule has 5 nitrogen and oxygen atoms in total. The van der Waals surface area contributed by atoms with Crippen LogP contribution in [0.2, 0.25) is 0 Å². The Labute approximate surface area is 139 Å². The van der Waals surface area contributed by atoms with E-state index in [2.05, 4.69) is 4.98 Å². The molecule has 0 N–H and O–H groups in total. The molecule has 1 fully saturated rings. The summed E-state index contributed by atoms with van der Waals surface area (Å²) in [6.07, 6.45) is 3.68. The fourth-order valence-corrected chi connectivity index (χ4v) is 3.78. The zero-order chi connectivity index (χ0) is 16.4. The summed E-state index contributed by atoms with van der Waals surface area (Å²) in [6, 6.07) is 5.53. The molecule has 0 unspecified atom stereocenters. The molecule has 120 valence electrons. The van der Waals surface area contributed by atoms with Crippen LogP contribution in [0.25, 0.3) is 0 Å². The van der Waals surface area contributed by atoms with Crippen LogP contribution in [-0.2, 0) is 16.1 Å². The molecule has 3 heterocycles. The Bertz CT molecular complexity index is 687. The smallest absolute Gasteiger partial charge is 0.228 e. The number of hydrogen-bond acceptors (Lipinski definition) is 4. The van der Waals surface area contributed by atoms with Crippen molar-refractivity contribution in [3.63, 3.8) is 0 Å². The van der Waals surface area contributed by atoms with Gasteiger partial charge in [-0.3, -0.25) is 14.6 Å². The quantitative estimate of drug-likeness (QED) is 0.865. The van der Waals surface area contributed by atoms with Crippen molar-refractivity contribution in [3.8, 4) is 0 Å². The van der Waals surface area contributed by atoms with Crippen molar-refractivity contribution in [2.45, 2.75) is 19.0 Å². The van der Waals surface area contributed by atoms with Crippen molar-refractivity contribution in [1.82, 2.24) is 14.8 Å². The molecule has 2 aromatic rings. The Morgan fingerprint density at radius 3 is 2.96 bits per heavy atom. The van der Waals surface area contributed by atoms with Crippen LogP contribution >= 0.6 is 11.3 Å². The third kappa shape index (κ3) is 3.12. The van der Waals surface area contributed by atoms with Gasteiger partial charge in [-0.15, -0.1) is 0 Å². The molecule has 2 amide bonds. The van der Waals surface area contributed by atoms with E-state index < -0.39 is 0 Å². The highest BCUT2D eigenvalue weighted by molar-refractivity contribution is 7.07. The molecule has 6 heteroatoms. The monoisotopic (exact) mass is 329 g/mol. The SMILES string of the molecule is CN(Cc1ccsc1)C(=O)[C@H]1CC(=O)N(C)[C@@H]1c1cccnc1. The minimum absolute atomic E-state index is 0.00105. The van der Waals surface area contributed by atoms with Crippen molar-refractivity contribution in [3.05, 3.63) is 52.5 Å². The Balaban J connectivity index is 1.81. The molecule has 0 saturated carbocycles. The molecular weight excluding hydrogens is 310 g/mol. The zero-order valence-electron chi connectivity index (χ0n) is 13.2. The Morgan fingerprint density at radius 2 is 2.30 bits per heavy atom. The number of hydrogen-bond donors (Lipinski definition) is 0. The second-order valence-corrected chi connectivity index (χ2v) is 6.65. The van der Waals surface area contributed by atoms with Gasteiger partial charge in [-0.25, -0.2) is 0 Å². The van der Waals surface area contributed by atoms with E-state index in [0.29, 0.717) is 6.54 Å². The first kappa shape index (κ1) is 15.7. The highest BCUT2D eigenvalue weighted by atomic mass is 32.1. The van der Waals surface area contributed by atoms with Crippen molar-refractivity contribution in [2.24, 2.45) is 5.92 Å². The molecule has 0 aromatic carbocycles. The van der Waals surface area contributed by atoms with Gasteiger partial charge in [0.2, 0.25) is 11.8 Å². The first-order chi connectivity index (χ1) is 11.1. The van der Waals surface area contributed by atoms with Crippen LogP contribution in [-0.4, -0.2) is 40.7 Å². The minimum atomic E-state index is -0.361. The lowest BCUT2D eigenvalue weighted by Gasteiger charge is -2.27. The van der Waals surface area contributed by atoms with Crippen LogP contribution in [0.1, 0.15) is 23.6 Å². The second kappa shape index (κ2) is 6.50. The molecular formula is C17H19N3O2S. The Kier molecular flexibility index (Phi) is 4.43. The summed E-state index contributed by atoms with van der Waals surface area (Å²) in [5, 5.41) is 4.03. The number of thiophene rings is 1. The average molecular weight is 329 g/mol. The van der Waals surface area contributed by atoms with E-state index in [1.807, 2.05) is 29.0 Å². The fraction of sp³-hybridized carbons (Fsp3) is 0.353. The number of carbonyl (C=O) groups excluding carboxylic acids is 2. The number of carbonyl (C=O) groups is 2. The van der Waals surface area contributed by atoms with Crippen LogP contribution in [0.3, 0.4) is 0 Å². The van der Waals surface area contributed by atoms with Gasteiger partial charge >= 0.3 is 0 Å². The molecule has 0 radical (unpaired) electrons. The first-order valence-corrected chi connectivity index (χ1v) is 8.44. The molecule has 0 spiro atoms. The summed E-state index contributed by atoms with van der Waals surface area (Å²) in [4.78, 5) is 32.5. The van der Waals surface area contributed by atoms with Crippen LogP contribution in [0.5, 0.6) is 0 Å². The van der Waals surface area contributed by atoms with Gasteiger partial charge in [-0.1, -0.05) is 6.07 Å². The van der Waals surface area contributed by atoms with E-state index in [4.69, 9.17) is 0 Å². The third-order valence-electron chi connectivity index (χ3n) is 4.31. The molecule has 2 aromatic heterocycles.